The highest BCUT2D eigenvalue weighted by Crippen LogP contribution is 2.21. The summed E-state index contributed by atoms with van der Waals surface area (Å²) < 4.78 is 1.57. The molecule has 0 spiro atoms. The highest BCUT2D eigenvalue weighted by molar-refractivity contribution is 8.00. The lowest BCUT2D eigenvalue weighted by Gasteiger charge is -2.21. The van der Waals surface area contributed by atoms with Crippen molar-refractivity contribution in [3.63, 3.8) is 0 Å². The van der Waals surface area contributed by atoms with Crippen LogP contribution in [-0.4, -0.2) is 42.5 Å². The molecular formula is C19H22N6O3S. The quantitative estimate of drug-likeness (QED) is 0.444. The molecule has 29 heavy (non-hydrogen) atoms. The summed E-state index contributed by atoms with van der Waals surface area (Å²) in [6.07, 6.45) is 1.45. The third kappa shape index (κ3) is 5.02. The molecule has 3 aromatic rings. The van der Waals surface area contributed by atoms with E-state index in [-0.39, 0.29) is 10.7 Å². The van der Waals surface area contributed by atoms with E-state index in [2.05, 4.69) is 25.7 Å². The van der Waals surface area contributed by atoms with Crippen molar-refractivity contribution in [1.29, 1.82) is 0 Å². The van der Waals surface area contributed by atoms with E-state index in [1.807, 2.05) is 51.1 Å². The van der Waals surface area contributed by atoms with Crippen LogP contribution in [-0.2, 0) is 4.79 Å². The third-order valence-corrected chi connectivity index (χ3v) is 4.78. The van der Waals surface area contributed by atoms with Gasteiger partial charge in [-0.15, -0.1) is 0 Å². The van der Waals surface area contributed by atoms with Crippen LogP contribution in [0.2, 0.25) is 0 Å². The number of nitrogens with one attached hydrogen (secondary N) is 3. The molecule has 0 aliphatic carbocycles. The van der Waals surface area contributed by atoms with Gasteiger partial charge in [0.25, 0.3) is 5.56 Å². The van der Waals surface area contributed by atoms with E-state index in [4.69, 9.17) is 0 Å². The first-order valence-electron chi connectivity index (χ1n) is 8.97. The molecule has 0 saturated carbocycles. The van der Waals surface area contributed by atoms with Crippen molar-refractivity contribution in [3.8, 4) is 5.69 Å². The maximum atomic E-state index is 12.4. The number of aromatic nitrogens is 4. The fourth-order valence-corrected chi connectivity index (χ4v) is 3.31. The summed E-state index contributed by atoms with van der Waals surface area (Å²) >= 11 is 1.05. The summed E-state index contributed by atoms with van der Waals surface area (Å²) in [5.74, 6) is -0.490. The zero-order valence-corrected chi connectivity index (χ0v) is 17.3. The van der Waals surface area contributed by atoms with Gasteiger partial charge in [-0.25, -0.2) is 14.5 Å². The van der Waals surface area contributed by atoms with Crippen LogP contribution in [0.15, 0.2) is 46.5 Å². The second-order valence-electron chi connectivity index (χ2n) is 7.45. The van der Waals surface area contributed by atoms with Gasteiger partial charge in [-0.1, -0.05) is 30.0 Å². The second kappa shape index (κ2) is 8.08. The monoisotopic (exact) mass is 414 g/mol. The molecule has 0 aliphatic heterocycles. The Morgan fingerprint density at radius 3 is 2.55 bits per heavy atom. The number of rotatable bonds is 4. The van der Waals surface area contributed by atoms with Gasteiger partial charge in [0.2, 0.25) is 5.91 Å². The summed E-state index contributed by atoms with van der Waals surface area (Å²) in [6.45, 7) is 7.07. The minimum Gasteiger partial charge on any atom is -0.333 e. The van der Waals surface area contributed by atoms with Crippen molar-refractivity contribution in [3.05, 3.63) is 46.9 Å². The number of urea groups is 1. The van der Waals surface area contributed by atoms with E-state index in [0.717, 1.165) is 17.4 Å². The maximum absolute atomic E-state index is 12.4. The third-order valence-electron chi connectivity index (χ3n) is 3.80. The number of para-hydroxylation sites is 1. The molecule has 3 amide bonds. The van der Waals surface area contributed by atoms with E-state index in [1.54, 1.807) is 11.6 Å². The predicted molar refractivity (Wildman–Crippen MR) is 111 cm³/mol. The van der Waals surface area contributed by atoms with Crippen LogP contribution >= 0.6 is 11.8 Å². The first-order valence-corrected chi connectivity index (χ1v) is 9.85. The SMILES string of the molecule is C[C@@H](Sc1nc2c(cnn2-c2ccccc2)c(=O)[nH]1)C(=O)NC(=O)NC(C)(C)C. The average molecular weight is 414 g/mol. The van der Waals surface area contributed by atoms with E-state index in [9.17, 15) is 14.4 Å². The number of thioether (sulfide) groups is 1. The Hall–Kier alpha value is -3.14. The molecule has 3 N–H and O–H groups in total. The molecule has 0 fully saturated rings. The predicted octanol–water partition coefficient (Wildman–Crippen LogP) is 2.21. The summed E-state index contributed by atoms with van der Waals surface area (Å²) in [4.78, 5) is 43.7. The fraction of sp³-hybridized carbons (Fsp3) is 0.316. The van der Waals surface area contributed by atoms with Crippen LogP contribution in [0.4, 0.5) is 4.79 Å². The first kappa shape index (κ1) is 20.6. The Morgan fingerprint density at radius 2 is 1.90 bits per heavy atom. The second-order valence-corrected chi connectivity index (χ2v) is 8.78. The normalized spacial score (nSPS) is 12.6. The summed E-state index contributed by atoms with van der Waals surface area (Å²) in [5, 5.41) is 9.15. The molecule has 0 aliphatic rings. The maximum Gasteiger partial charge on any atom is 0.321 e. The Labute approximate surface area is 171 Å². The van der Waals surface area contributed by atoms with Gasteiger partial charge in [-0.2, -0.15) is 5.10 Å². The molecule has 3 rings (SSSR count). The molecule has 2 heterocycles. The van der Waals surface area contributed by atoms with Crippen molar-refractivity contribution in [1.82, 2.24) is 30.4 Å². The van der Waals surface area contributed by atoms with Crippen molar-refractivity contribution in [2.45, 2.75) is 43.6 Å². The molecule has 1 atom stereocenters. The van der Waals surface area contributed by atoms with E-state index >= 15 is 0 Å². The van der Waals surface area contributed by atoms with E-state index in [0.29, 0.717) is 11.0 Å². The number of H-pyrrole nitrogens is 1. The molecule has 0 unspecified atom stereocenters. The minimum absolute atomic E-state index is 0.263. The molecule has 10 heteroatoms. The summed E-state index contributed by atoms with van der Waals surface area (Å²) in [7, 11) is 0. The smallest absolute Gasteiger partial charge is 0.321 e. The zero-order chi connectivity index (χ0) is 21.2. The largest absolute Gasteiger partial charge is 0.333 e. The van der Waals surface area contributed by atoms with Gasteiger partial charge in [0, 0.05) is 5.54 Å². The van der Waals surface area contributed by atoms with Gasteiger partial charge >= 0.3 is 6.03 Å². The van der Waals surface area contributed by atoms with Gasteiger partial charge in [-0.3, -0.25) is 14.9 Å². The number of carbonyl (C=O) groups excluding carboxylic acids is 2. The van der Waals surface area contributed by atoms with Crippen molar-refractivity contribution < 1.29 is 9.59 Å². The molecule has 2 aromatic heterocycles. The Kier molecular flexibility index (Phi) is 5.73. The van der Waals surface area contributed by atoms with Gasteiger partial charge in [-0.05, 0) is 39.8 Å². The number of nitrogens with zero attached hydrogens (tertiary/aromatic N) is 3. The Bertz CT molecular complexity index is 1100. The number of imide groups is 1. The van der Waals surface area contributed by atoms with Gasteiger partial charge in [0.15, 0.2) is 10.8 Å². The number of hydrogen-bond acceptors (Lipinski definition) is 6. The summed E-state index contributed by atoms with van der Waals surface area (Å²) in [6, 6.07) is 8.74. The number of carbonyl (C=O) groups is 2. The van der Waals surface area contributed by atoms with Crippen LogP contribution in [0, 0.1) is 0 Å². The molecule has 9 nitrogen and oxygen atoms in total. The standard InChI is InChI=1S/C19H22N6O3S/c1-11(15(26)22-17(28)24-19(2,3)4)29-18-21-14-13(16(27)23-18)10-20-25(14)12-8-6-5-7-9-12/h5-11H,1-4H3,(H,21,23,27)(H2,22,24,26,28)/t11-/m1/s1. The lowest BCUT2D eigenvalue weighted by Crippen LogP contribution is -2.49. The van der Waals surface area contributed by atoms with Gasteiger partial charge in [0.05, 0.1) is 17.1 Å². The van der Waals surface area contributed by atoms with Gasteiger partial charge in [0.1, 0.15) is 5.39 Å². The Morgan fingerprint density at radius 1 is 1.21 bits per heavy atom. The topological polar surface area (TPSA) is 122 Å². The van der Waals surface area contributed by atoms with Crippen molar-refractivity contribution >= 4 is 34.7 Å². The van der Waals surface area contributed by atoms with Crippen LogP contribution in [0.1, 0.15) is 27.7 Å². The summed E-state index contributed by atoms with van der Waals surface area (Å²) in [5.41, 5.74) is 0.341. The highest BCUT2D eigenvalue weighted by Gasteiger charge is 2.21. The molecule has 1 aromatic carbocycles. The molecule has 0 bridgehead atoms. The first-order chi connectivity index (χ1) is 13.6. The average Bonchev–Trinajstić information content (AvgIpc) is 3.05. The van der Waals surface area contributed by atoms with Crippen LogP contribution in [0.3, 0.4) is 0 Å². The molecule has 0 radical (unpaired) electrons. The number of hydrogen-bond donors (Lipinski definition) is 3. The van der Waals surface area contributed by atoms with Crippen molar-refractivity contribution in [2.75, 3.05) is 0 Å². The highest BCUT2D eigenvalue weighted by atomic mass is 32.2. The van der Waals surface area contributed by atoms with Gasteiger partial charge < -0.3 is 10.3 Å². The number of benzene rings is 1. The lowest BCUT2D eigenvalue weighted by atomic mass is 10.1. The lowest BCUT2D eigenvalue weighted by molar-refractivity contribution is -0.119. The zero-order valence-electron chi connectivity index (χ0n) is 16.5. The minimum atomic E-state index is -0.658. The molecule has 152 valence electrons. The van der Waals surface area contributed by atoms with Crippen LogP contribution in [0.5, 0.6) is 0 Å². The number of amides is 3. The van der Waals surface area contributed by atoms with Crippen molar-refractivity contribution in [2.24, 2.45) is 0 Å². The van der Waals surface area contributed by atoms with Crippen LogP contribution in [0.25, 0.3) is 16.7 Å². The van der Waals surface area contributed by atoms with E-state index in [1.165, 1.54) is 6.20 Å². The number of fused-ring (bicyclic) bond motifs is 1. The number of aromatic amines is 1. The van der Waals surface area contributed by atoms with E-state index < -0.39 is 22.7 Å². The Balaban J connectivity index is 1.80. The van der Waals surface area contributed by atoms with Crippen LogP contribution < -0.4 is 16.2 Å². The molecule has 0 saturated heterocycles. The fourth-order valence-electron chi connectivity index (χ4n) is 2.52. The molecular weight excluding hydrogens is 392 g/mol.